The van der Waals surface area contributed by atoms with E-state index in [0.717, 1.165) is 17.7 Å². The van der Waals surface area contributed by atoms with Crippen LogP contribution >= 0.6 is 11.6 Å². The number of hydrogen-bond donors (Lipinski definition) is 3. The van der Waals surface area contributed by atoms with Crippen molar-refractivity contribution in [3.63, 3.8) is 0 Å². The van der Waals surface area contributed by atoms with Gasteiger partial charge < -0.3 is 15.7 Å². The van der Waals surface area contributed by atoms with Gasteiger partial charge in [-0.05, 0) is 48.2 Å². The lowest BCUT2D eigenvalue weighted by molar-refractivity contribution is -0.150. The van der Waals surface area contributed by atoms with Gasteiger partial charge in [-0.2, -0.15) is 0 Å². The van der Waals surface area contributed by atoms with Crippen LogP contribution in [0.3, 0.4) is 0 Å². The van der Waals surface area contributed by atoms with Gasteiger partial charge in [0, 0.05) is 30.3 Å². The minimum absolute atomic E-state index is 0.0561. The number of ketones is 1. The molecule has 174 valence electrons. The maximum Gasteiger partial charge on any atom is 0.260 e. The Kier molecular flexibility index (Phi) is 7.61. The van der Waals surface area contributed by atoms with E-state index in [1.165, 1.54) is 6.08 Å². The van der Waals surface area contributed by atoms with Crippen LogP contribution in [0.1, 0.15) is 42.9 Å². The topological polar surface area (TPSA) is 95.5 Å². The molecule has 0 bridgehead atoms. The average molecular weight is 477 g/mol. The summed E-state index contributed by atoms with van der Waals surface area (Å²) in [5, 5.41) is 15.6. The Balaban J connectivity index is 1.73. The van der Waals surface area contributed by atoms with Gasteiger partial charge in [-0.1, -0.05) is 37.1 Å². The lowest BCUT2D eigenvalue weighted by Gasteiger charge is -2.24. The number of halogens is 3. The van der Waals surface area contributed by atoms with Crippen LogP contribution in [0.2, 0.25) is 5.02 Å². The number of amides is 2. The van der Waals surface area contributed by atoms with E-state index in [2.05, 4.69) is 10.6 Å². The van der Waals surface area contributed by atoms with Crippen LogP contribution in [0.5, 0.6) is 0 Å². The summed E-state index contributed by atoms with van der Waals surface area (Å²) >= 11 is 5.65. The van der Waals surface area contributed by atoms with Crippen molar-refractivity contribution in [2.45, 2.75) is 44.8 Å². The zero-order chi connectivity index (χ0) is 24.2. The molecule has 9 heteroatoms. The summed E-state index contributed by atoms with van der Waals surface area (Å²) in [5.74, 6) is -3.72. The molecule has 1 atom stereocenters. The normalized spacial score (nSPS) is 15.0. The minimum atomic E-state index is -2.35. The molecule has 1 aliphatic rings. The van der Waals surface area contributed by atoms with Gasteiger partial charge in [-0.15, -0.1) is 0 Å². The van der Waals surface area contributed by atoms with Crippen molar-refractivity contribution in [1.82, 2.24) is 5.32 Å². The van der Waals surface area contributed by atoms with Crippen molar-refractivity contribution in [1.29, 1.82) is 0 Å². The van der Waals surface area contributed by atoms with Crippen molar-refractivity contribution in [3.8, 4) is 0 Å². The Morgan fingerprint density at radius 1 is 1.21 bits per heavy atom. The third kappa shape index (κ3) is 5.64. The minimum Gasteiger partial charge on any atom is -0.373 e. The second-order valence-electron chi connectivity index (χ2n) is 7.81. The number of nitrogens with one attached hydrogen (secondary N) is 2. The van der Waals surface area contributed by atoms with E-state index in [1.54, 1.807) is 19.1 Å². The molecule has 1 aliphatic heterocycles. The fourth-order valence-electron chi connectivity index (χ4n) is 3.55. The molecule has 0 unspecified atom stereocenters. The number of carbonyl (C=O) groups excluding carboxylic acids is 3. The molecule has 0 fully saturated rings. The third-order valence-corrected chi connectivity index (χ3v) is 5.67. The number of hydrogen-bond acceptors (Lipinski definition) is 4. The highest BCUT2D eigenvalue weighted by Crippen LogP contribution is 2.25. The molecule has 0 saturated carbocycles. The van der Waals surface area contributed by atoms with E-state index in [0.29, 0.717) is 36.6 Å². The van der Waals surface area contributed by atoms with Crippen LogP contribution in [0.4, 0.5) is 14.5 Å². The molecule has 0 aromatic heterocycles. The van der Waals surface area contributed by atoms with Crippen LogP contribution < -0.4 is 10.6 Å². The highest BCUT2D eigenvalue weighted by molar-refractivity contribution is 6.30. The summed E-state index contributed by atoms with van der Waals surface area (Å²) in [6.45, 7) is 1.32. The van der Waals surface area contributed by atoms with Gasteiger partial charge in [-0.3, -0.25) is 14.4 Å². The van der Waals surface area contributed by atoms with Crippen molar-refractivity contribution in [2.75, 3.05) is 5.32 Å². The highest BCUT2D eigenvalue weighted by Gasteiger charge is 2.41. The number of aryl methyl sites for hydroxylation is 1. The number of aliphatic hydroxyl groups is 1. The van der Waals surface area contributed by atoms with Gasteiger partial charge in [0.05, 0.1) is 5.02 Å². The monoisotopic (exact) mass is 476 g/mol. The molecular weight excluding hydrogens is 454 g/mol. The molecule has 0 radical (unpaired) electrons. The summed E-state index contributed by atoms with van der Waals surface area (Å²) in [4.78, 5) is 36.9. The maximum absolute atomic E-state index is 13.9. The lowest BCUT2D eigenvalue weighted by Crippen LogP contribution is -2.52. The molecule has 3 N–H and O–H groups in total. The summed E-state index contributed by atoms with van der Waals surface area (Å²) in [5.41, 5.74) is -0.137. The number of anilines is 1. The van der Waals surface area contributed by atoms with Gasteiger partial charge in [0.15, 0.2) is 5.78 Å². The first-order valence-electron chi connectivity index (χ1n) is 10.4. The summed E-state index contributed by atoms with van der Waals surface area (Å²) in [6, 6.07) is 6.88. The Morgan fingerprint density at radius 2 is 1.97 bits per heavy atom. The number of carbonyl (C=O) groups is 3. The Morgan fingerprint density at radius 3 is 2.70 bits per heavy atom. The first kappa shape index (κ1) is 24.5. The van der Waals surface area contributed by atoms with E-state index in [1.807, 2.05) is 6.07 Å². The van der Waals surface area contributed by atoms with Crippen LogP contribution in [0.15, 0.2) is 36.4 Å². The summed E-state index contributed by atoms with van der Waals surface area (Å²) in [7, 11) is 0. The molecule has 6 nitrogen and oxygen atoms in total. The van der Waals surface area contributed by atoms with E-state index >= 15 is 0 Å². The molecule has 2 aromatic rings. The van der Waals surface area contributed by atoms with Crippen molar-refractivity contribution < 1.29 is 28.3 Å². The molecule has 0 aliphatic carbocycles. The van der Waals surface area contributed by atoms with Gasteiger partial charge in [0.25, 0.3) is 5.91 Å². The van der Waals surface area contributed by atoms with E-state index in [4.69, 9.17) is 11.6 Å². The first-order chi connectivity index (χ1) is 15.6. The molecule has 3 rings (SSSR count). The van der Waals surface area contributed by atoms with Crippen LogP contribution in [0, 0.1) is 11.6 Å². The number of benzene rings is 2. The van der Waals surface area contributed by atoms with E-state index in [9.17, 15) is 28.3 Å². The zero-order valence-corrected chi connectivity index (χ0v) is 18.6. The molecule has 2 amide bonds. The third-order valence-electron chi connectivity index (χ3n) is 5.38. The van der Waals surface area contributed by atoms with Crippen molar-refractivity contribution >= 4 is 41.0 Å². The van der Waals surface area contributed by atoms with E-state index in [-0.39, 0.29) is 29.5 Å². The fraction of sp³-hybridized carbons (Fsp3) is 0.292. The van der Waals surface area contributed by atoms with Gasteiger partial charge >= 0.3 is 0 Å². The second-order valence-corrected chi connectivity index (χ2v) is 8.22. The van der Waals surface area contributed by atoms with E-state index < -0.39 is 28.9 Å². The zero-order valence-electron chi connectivity index (χ0n) is 17.9. The predicted molar refractivity (Wildman–Crippen MR) is 121 cm³/mol. The van der Waals surface area contributed by atoms with Crippen molar-refractivity contribution in [2.24, 2.45) is 0 Å². The van der Waals surface area contributed by atoms with Gasteiger partial charge in [0.1, 0.15) is 11.6 Å². The predicted octanol–water partition coefficient (Wildman–Crippen LogP) is 3.93. The van der Waals surface area contributed by atoms with Crippen LogP contribution in [0.25, 0.3) is 6.08 Å². The number of fused-ring (bicyclic) bond motifs is 1. The lowest BCUT2D eigenvalue weighted by atomic mass is 9.90. The quantitative estimate of drug-likeness (QED) is 0.305. The molecular formula is C24H23ClF2N2O4. The fourth-order valence-corrected chi connectivity index (χ4v) is 3.73. The summed E-state index contributed by atoms with van der Waals surface area (Å²) < 4.78 is 27.2. The van der Waals surface area contributed by atoms with Crippen molar-refractivity contribution in [3.05, 3.63) is 69.8 Å². The van der Waals surface area contributed by atoms with Gasteiger partial charge in [0.2, 0.25) is 11.5 Å². The second kappa shape index (κ2) is 10.2. The largest absolute Gasteiger partial charge is 0.373 e. The molecule has 1 heterocycles. The molecule has 33 heavy (non-hydrogen) atoms. The first-order valence-corrected chi connectivity index (χ1v) is 10.8. The van der Waals surface area contributed by atoms with Crippen LogP contribution in [-0.2, 0) is 27.3 Å². The SMILES string of the molecule is CCC[C@@](O)(C(=O)/C=C\c1ccc2c(c1)CCC(=O)N2)C(=O)NCc1cc(Cl)c(F)cc1F. The van der Waals surface area contributed by atoms with Gasteiger partial charge in [-0.25, -0.2) is 8.78 Å². The Labute approximate surface area is 194 Å². The average Bonchev–Trinajstić information content (AvgIpc) is 2.78. The smallest absolute Gasteiger partial charge is 0.260 e. The number of rotatable bonds is 8. The summed E-state index contributed by atoms with van der Waals surface area (Å²) in [6.07, 6.45) is 3.72. The molecule has 0 spiro atoms. The Hall–Kier alpha value is -3.10. The molecule has 2 aromatic carbocycles. The molecule has 0 saturated heterocycles. The Bertz CT molecular complexity index is 1140. The standard InChI is InChI=1S/C24H23ClF2N2O4/c1-2-9-24(33,23(32)28-13-16-11-17(25)19(27)12-18(16)26)21(30)7-4-14-3-6-20-15(10-14)5-8-22(31)29-20/h3-4,6-7,10-12,33H,2,5,8-9,13H2,1H3,(H,28,32)(H,29,31)/b7-4-/t24-/m1/s1. The highest BCUT2D eigenvalue weighted by atomic mass is 35.5. The van der Waals surface area contributed by atoms with Crippen LogP contribution in [-0.4, -0.2) is 28.3 Å². The maximum atomic E-state index is 13.9.